The minimum atomic E-state index is -1.36. The molecule has 0 aliphatic carbocycles. The van der Waals surface area contributed by atoms with Gasteiger partial charge in [0.1, 0.15) is 5.69 Å². The molecule has 1 aliphatic rings. The number of carboxylic acids is 1. The third-order valence-electron chi connectivity index (χ3n) is 6.63. The number of aryl methyl sites for hydroxylation is 1. The Labute approximate surface area is 228 Å². The highest BCUT2D eigenvalue weighted by Crippen LogP contribution is 2.43. The number of carbonyl (C=O) groups is 1. The Kier molecular flexibility index (Phi) is 6.77. The van der Waals surface area contributed by atoms with Gasteiger partial charge in [0, 0.05) is 27.9 Å². The van der Waals surface area contributed by atoms with Gasteiger partial charge in [-0.2, -0.15) is 5.10 Å². The Balaban J connectivity index is 1.91. The van der Waals surface area contributed by atoms with Gasteiger partial charge in [0.05, 0.1) is 22.4 Å². The molecule has 198 valence electrons. The topological polar surface area (TPSA) is 86.0 Å². The van der Waals surface area contributed by atoms with Crippen molar-refractivity contribution >= 4 is 27.5 Å². The molecule has 0 unspecified atom stereocenters. The number of ether oxygens (including phenoxy) is 2. The van der Waals surface area contributed by atoms with Crippen molar-refractivity contribution in [2.45, 2.75) is 59.2 Å². The lowest BCUT2D eigenvalue weighted by Crippen LogP contribution is -2.29. The average molecular weight is 582 g/mol. The third kappa shape index (κ3) is 4.58. The van der Waals surface area contributed by atoms with E-state index in [0.29, 0.717) is 51.4 Å². The van der Waals surface area contributed by atoms with E-state index in [9.17, 15) is 9.90 Å². The van der Waals surface area contributed by atoms with Crippen LogP contribution in [0.25, 0.3) is 28.2 Å². The van der Waals surface area contributed by atoms with Crippen LogP contribution in [0.5, 0.6) is 5.75 Å². The fourth-order valence-electron chi connectivity index (χ4n) is 4.99. The Bertz CT molecular complexity index is 1560. The summed E-state index contributed by atoms with van der Waals surface area (Å²) in [4.78, 5) is 17.4. The van der Waals surface area contributed by atoms with Gasteiger partial charge in [-0.05, 0) is 75.0 Å². The van der Waals surface area contributed by atoms with Crippen LogP contribution in [-0.4, -0.2) is 37.9 Å². The molecule has 2 aromatic carbocycles. The Morgan fingerprint density at radius 1 is 1.24 bits per heavy atom. The van der Waals surface area contributed by atoms with Crippen molar-refractivity contribution in [3.63, 3.8) is 0 Å². The molecule has 2 aromatic heterocycles. The number of hydrogen-bond donors (Lipinski definition) is 1. The predicted molar refractivity (Wildman–Crippen MR) is 146 cm³/mol. The molecule has 1 N–H and O–H groups in total. The summed E-state index contributed by atoms with van der Waals surface area (Å²) >= 11 is 3.67. The summed E-state index contributed by atoms with van der Waals surface area (Å²) in [6.45, 7) is 9.50. The number of hydrogen-bond acceptors (Lipinski definition) is 5. The summed E-state index contributed by atoms with van der Waals surface area (Å²) in [7, 11) is 0. The molecule has 0 saturated carbocycles. The van der Waals surface area contributed by atoms with Crippen molar-refractivity contribution in [1.82, 2.24) is 14.6 Å². The molecular weight excluding hydrogens is 553 g/mol. The molecule has 9 heteroatoms. The van der Waals surface area contributed by atoms with Crippen molar-refractivity contribution in [2.75, 3.05) is 6.61 Å². The van der Waals surface area contributed by atoms with Gasteiger partial charge in [0.2, 0.25) is 0 Å². The predicted octanol–water partition coefficient (Wildman–Crippen LogP) is 6.85. The van der Waals surface area contributed by atoms with Gasteiger partial charge in [-0.15, -0.1) is 0 Å². The maximum absolute atomic E-state index is 15.5. The van der Waals surface area contributed by atoms with E-state index < -0.39 is 23.5 Å². The molecule has 38 heavy (non-hydrogen) atoms. The first-order valence-corrected chi connectivity index (χ1v) is 13.3. The van der Waals surface area contributed by atoms with Crippen molar-refractivity contribution in [3.05, 3.63) is 69.1 Å². The van der Waals surface area contributed by atoms with Crippen LogP contribution in [0.3, 0.4) is 0 Å². The van der Waals surface area contributed by atoms with Gasteiger partial charge in [-0.25, -0.2) is 18.7 Å². The molecule has 0 fully saturated rings. The van der Waals surface area contributed by atoms with Gasteiger partial charge in [0.25, 0.3) is 0 Å². The zero-order valence-electron chi connectivity index (χ0n) is 21.9. The largest absolute Gasteiger partial charge is 0.490 e. The Morgan fingerprint density at radius 3 is 2.61 bits per heavy atom. The Morgan fingerprint density at radius 2 is 1.95 bits per heavy atom. The summed E-state index contributed by atoms with van der Waals surface area (Å²) in [5, 5.41) is 15.2. The van der Waals surface area contributed by atoms with E-state index >= 15 is 4.39 Å². The molecule has 1 aliphatic heterocycles. The monoisotopic (exact) mass is 581 g/mol. The minimum Gasteiger partial charge on any atom is -0.490 e. The van der Waals surface area contributed by atoms with E-state index in [1.807, 2.05) is 37.3 Å². The maximum Gasteiger partial charge on any atom is 0.337 e. The highest BCUT2D eigenvalue weighted by Gasteiger charge is 2.35. The molecule has 0 amide bonds. The lowest BCUT2D eigenvalue weighted by molar-refractivity contribution is -0.160. The van der Waals surface area contributed by atoms with Gasteiger partial charge in [-0.1, -0.05) is 30.3 Å². The molecule has 0 saturated heterocycles. The number of fused-ring (bicyclic) bond motifs is 2. The van der Waals surface area contributed by atoms with Crippen molar-refractivity contribution in [3.8, 4) is 28.3 Å². The minimum absolute atomic E-state index is 0.258. The first-order valence-electron chi connectivity index (χ1n) is 12.5. The van der Waals surface area contributed by atoms with Crippen LogP contribution in [0.15, 0.2) is 40.9 Å². The second kappa shape index (κ2) is 9.78. The van der Waals surface area contributed by atoms with Crippen LogP contribution in [-0.2, 0) is 16.0 Å². The molecule has 0 bridgehead atoms. The highest BCUT2D eigenvalue weighted by molar-refractivity contribution is 9.10. The number of halogens is 2. The maximum atomic E-state index is 15.5. The van der Waals surface area contributed by atoms with Gasteiger partial charge in [0.15, 0.2) is 23.3 Å². The van der Waals surface area contributed by atoms with E-state index in [-0.39, 0.29) is 5.75 Å². The standard InChI is InChI=1S/C29H29BrFN3O4/c1-15-18-12-9-13-37-25(18)20(31)14-19(15)24-21(26(28(35)36)38-29(3,4)5)16(2)32-27-22(30)23(33-34(24)27)17-10-7-6-8-11-17/h6-8,10-11,14,26H,9,12-13H2,1-5H3,(H,35,36)/t26-/m0/s1. The fourth-order valence-corrected chi connectivity index (χ4v) is 5.56. The number of aromatic nitrogens is 3. The highest BCUT2D eigenvalue weighted by atomic mass is 79.9. The van der Waals surface area contributed by atoms with E-state index in [2.05, 4.69) is 15.9 Å². The average Bonchev–Trinajstić information content (AvgIpc) is 3.20. The SMILES string of the molecule is Cc1nc2c(Br)c(-c3ccccc3)nn2c(-c2cc(F)c3c(c2C)CCCO3)c1[C@H](OC(C)(C)C)C(=O)O. The summed E-state index contributed by atoms with van der Waals surface area (Å²) in [5.74, 6) is -1.40. The molecule has 0 radical (unpaired) electrons. The van der Waals surface area contributed by atoms with Gasteiger partial charge < -0.3 is 14.6 Å². The number of benzene rings is 2. The molecule has 3 heterocycles. The van der Waals surface area contributed by atoms with Crippen molar-refractivity contribution in [2.24, 2.45) is 0 Å². The summed E-state index contributed by atoms with van der Waals surface area (Å²) in [6.07, 6.45) is 0.0674. The first kappa shape index (κ1) is 26.3. The number of rotatable bonds is 5. The normalized spacial score (nSPS) is 14.3. The second-order valence-corrected chi connectivity index (χ2v) is 11.3. The van der Waals surface area contributed by atoms with E-state index in [4.69, 9.17) is 19.6 Å². The van der Waals surface area contributed by atoms with E-state index in [1.54, 1.807) is 32.2 Å². The molecular formula is C29H29BrFN3O4. The zero-order valence-corrected chi connectivity index (χ0v) is 23.5. The quantitative estimate of drug-likeness (QED) is 0.277. The molecule has 0 spiro atoms. The van der Waals surface area contributed by atoms with Crippen molar-refractivity contribution in [1.29, 1.82) is 0 Å². The van der Waals surface area contributed by atoms with Crippen molar-refractivity contribution < 1.29 is 23.8 Å². The molecule has 4 aromatic rings. The molecule has 1 atom stereocenters. The van der Waals surface area contributed by atoms with Crippen LogP contribution in [0.4, 0.5) is 4.39 Å². The lowest BCUT2D eigenvalue weighted by Gasteiger charge is -2.28. The zero-order chi connectivity index (χ0) is 27.4. The van der Waals surface area contributed by atoms with Crippen LogP contribution in [0, 0.1) is 19.7 Å². The van der Waals surface area contributed by atoms with E-state index in [1.165, 1.54) is 6.07 Å². The smallest absolute Gasteiger partial charge is 0.337 e. The number of aliphatic carboxylic acids is 1. The second-order valence-electron chi connectivity index (χ2n) is 10.5. The van der Waals surface area contributed by atoms with Crippen LogP contribution >= 0.6 is 15.9 Å². The van der Waals surface area contributed by atoms with Gasteiger partial charge in [-0.3, -0.25) is 0 Å². The lowest BCUT2D eigenvalue weighted by atomic mass is 9.91. The molecule has 7 nitrogen and oxygen atoms in total. The number of carboxylic acid groups (broad SMARTS) is 1. The van der Waals surface area contributed by atoms with Crippen LogP contribution in [0.2, 0.25) is 0 Å². The van der Waals surface area contributed by atoms with Crippen LogP contribution in [0.1, 0.15) is 55.7 Å². The van der Waals surface area contributed by atoms with Crippen LogP contribution < -0.4 is 4.74 Å². The van der Waals surface area contributed by atoms with Gasteiger partial charge >= 0.3 is 5.97 Å². The number of nitrogens with zero attached hydrogens (tertiary/aromatic N) is 3. The fraction of sp³-hybridized carbons (Fsp3) is 0.345. The summed E-state index contributed by atoms with van der Waals surface area (Å²) < 4.78 is 29.5. The third-order valence-corrected chi connectivity index (χ3v) is 7.36. The Hall–Kier alpha value is -3.30. The first-order chi connectivity index (χ1) is 18.0. The van der Waals surface area contributed by atoms with E-state index in [0.717, 1.165) is 23.1 Å². The molecule has 5 rings (SSSR count). The summed E-state index contributed by atoms with van der Waals surface area (Å²) in [6, 6.07) is 11.0. The summed E-state index contributed by atoms with van der Waals surface area (Å²) in [5.41, 5.74) is 4.54.